The van der Waals surface area contributed by atoms with E-state index in [1.165, 1.54) is 19.1 Å². The molecule has 5 aromatic carbocycles. The van der Waals surface area contributed by atoms with Gasteiger partial charge in [0.05, 0.1) is 12.7 Å². The number of carbonyl (C=O) groups is 4. The number of ether oxygens (including phenoxy) is 5. The van der Waals surface area contributed by atoms with E-state index in [1.54, 1.807) is 6.92 Å². The van der Waals surface area contributed by atoms with Crippen molar-refractivity contribution < 1.29 is 48.0 Å². The molecule has 0 heterocycles. The molecule has 0 saturated heterocycles. The van der Waals surface area contributed by atoms with Gasteiger partial charge in [0.2, 0.25) is 11.7 Å². The number of aliphatic hydroxyl groups is 1. The van der Waals surface area contributed by atoms with E-state index in [0.717, 1.165) is 22.3 Å². The van der Waals surface area contributed by atoms with Gasteiger partial charge in [0, 0.05) is 12.1 Å². The molecule has 320 valence electrons. The fourth-order valence-electron chi connectivity index (χ4n) is 6.08. The van der Waals surface area contributed by atoms with Crippen LogP contribution in [0, 0.1) is 0 Å². The van der Waals surface area contributed by atoms with E-state index in [9.17, 15) is 24.3 Å². The molecule has 61 heavy (non-hydrogen) atoms. The van der Waals surface area contributed by atoms with Crippen molar-refractivity contribution in [1.82, 2.24) is 16.0 Å². The number of alkyl carbamates (subject to hydrolysis) is 1. The van der Waals surface area contributed by atoms with E-state index < -0.39 is 42.1 Å². The first-order valence-corrected chi connectivity index (χ1v) is 20.3. The minimum Gasteiger partial charge on any atom is -0.485 e. The van der Waals surface area contributed by atoms with Crippen LogP contribution in [0.15, 0.2) is 133 Å². The van der Waals surface area contributed by atoms with Gasteiger partial charge in [-0.05, 0) is 67.5 Å². The number of hydrogen-bond acceptors (Lipinski definition) is 10. The van der Waals surface area contributed by atoms with Crippen LogP contribution in [0.3, 0.4) is 0 Å². The smallest absolute Gasteiger partial charge is 0.407 e. The molecule has 0 bridgehead atoms. The van der Waals surface area contributed by atoms with E-state index >= 15 is 0 Å². The molecule has 5 aromatic rings. The number of unbranched alkanes of at least 4 members (excludes halogenated alkanes) is 1. The van der Waals surface area contributed by atoms with Crippen LogP contribution in [0.2, 0.25) is 0 Å². The minimum atomic E-state index is -1.38. The van der Waals surface area contributed by atoms with Crippen LogP contribution in [0.5, 0.6) is 17.2 Å². The highest BCUT2D eigenvalue weighted by Gasteiger charge is 2.31. The Hall–Kier alpha value is -6.86. The summed E-state index contributed by atoms with van der Waals surface area (Å²) in [5.74, 6) is -1.43. The lowest BCUT2D eigenvalue weighted by molar-refractivity contribution is -0.150. The van der Waals surface area contributed by atoms with Gasteiger partial charge in [0.15, 0.2) is 17.5 Å². The molecule has 13 nitrogen and oxygen atoms in total. The molecule has 0 aromatic heterocycles. The summed E-state index contributed by atoms with van der Waals surface area (Å²) in [6, 6.07) is 38.4. The fourth-order valence-corrected chi connectivity index (χ4v) is 6.08. The first-order chi connectivity index (χ1) is 29.7. The zero-order valence-corrected chi connectivity index (χ0v) is 34.4. The molecule has 0 unspecified atom stereocenters. The summed E-state index contributed by atoms with van der Waals surface area (Å²) in [6.45, 7) is 3.84. The second-order valence-corrected chi connectivity index (χ2v) is 14.1. The van der Waals surface area contributed by atoms with Crippen LogP contribution in [-0.4, -0.2) is 60.3 Å². The third kappa shape index (κ3) is 15.0. The molecule has 0 aliphatic heterocycles. The van der Waals surface area contributed by atoms with Crippen molar-refractivity contribution in [2.45, 2.75) is 77.7 Å². The van der Waals surface area contributed by atoms with Crippen molar-refractivity contribution in [3.8, 4) is 17.2 Å². The van der Waals surface area contributed by atoms with Gasteiger partial charge in [0.25, 0.3) is 5.91 Å². The summed E-state index contributed by atoms with van der Waals surface area (Å²) in [5.41, 5.74) is 3.61. The van der Waals surface area contributed by atoms with E-state index in [-0.39, 0.29) is 68.8 Å². The maximum Gasteiger partial charge on any atom is 0.407 e. The second kappa shape index (κ2) is 24.3. The third-order valence-electron chi connectivity index (χ3n) is 9.33. The molecule has 3 atom stereocenters. The predicted octanol–water partition coefficient (Wildman–Crippen LogP) is 7.05. The van der Waals surface area contributed by atoms with Crippen LogP contribution in [-0.2, 0) is 45.5 Å². The molecule has 0 radical (unpaired) electrons. The topological polar surface area (TPSA) is 171 Å². The summed E-state index contributed by atoms with van der Waals surface area (Å²) in [7, 11) is 0. The Morgan fingerprint density at radius 1 is 0.607 bits per heavy atom. The van der Waals surface area contributed by atoms with Crippen LogP contribution in [0.1, 0.15) is 65.7 Å². The highest BCUT2D eigenvalue weighted by atomic mass is 16.6. The van der Waals surface area contributed by atoms with Crippen molar-refractivity contribution in [3.63, 3.8) is 0 Å². The summed E-state index contributed by atoms with van der Waals surface area (Å²) in [6.07, 6.45) is -0.963. The van der Waals surface area contributed by atoms with Gasteiger partial charge in [-0.1, -0.05) is 121 Å². The first-order valence-electron chi connectivity index (χ1n) is 20.3. The van der Waals surface area contributed by atoms with E-state index in [1.807, 2.05) is 121 Å². The molecule has 5 rings (SSSR count). The largest absolute Gasteiger partial charge is 0.485 e. The highest BCUT2D eigenvalue weighted by Crippen LogP contribution is 2.40. The Balaban J connectivity index is 1.38. The van der Waals surface area contributed by atoms with Crippen molar-refractivity contribution in [1.29, 1.82) is 0 Å². The Labute approximate surface area is 356 Å². The number of rotatable bonds is 23. The molecular weight excluding hydrogens is 779 g/mol. The summed E-state index contributed by atoms with van der Waals surface area (Å²) in [4.78, 5) is 53.1. The van der Waals surface area contributed by atoms with Gasteiger partial charge in [-0.15, -0.1) is 0 Å². The average Bonchev–Trinajstić information content (AvgIpc) is 3.28. The van der Waals surface area contributed by atoms with E-state index in [4.69, 9.17) is 23.7 Å². The van der Waals surface area contributed by atoms with E-state index in [2.05, 4.69) is 16.0 Å². The molecule has 0 aliphatic carbocycles. The molecule has 0 fully saturated rings. The SMILES string of the molecule is CCOC(=O)[C@@H](NC(=O)[C@@H](CCCCNC(=O)OCc1ccccc1)NC(=O)c1cc(OCc2ccccc2)c(OCc2ccccc2)c(OCc2ccccc2)c1)[C@@H](C)O. The Kier molecular flexibility index (Phi) is 18.0. The number of aliphatic hydroxyl groups excluding tert-OH is 1. The maximum atomic E-state index is 14.3. The molecule has 0 saturated carbocycles. The van der Waals surface area contributed by atoms with Gasteiger partial charge in [0.1, 0.15) is 32.5 Å². The van der Waals surface area contributed by atoms with Gasteiger partial charge < -0.3 is 44.7 Å². The predicted molar refractivity (Wildman–Crippen MR) is 229 cm³/mol. The average molecular weight is 832 g/mol. The maximum absolute atomic E-state index is 14.3. The summed E-state index contributed by atoms with van der Waals surface area (Å²) >= 11 is 0. The number of hydrogen-bond donors (Lipinski definition) is 4. The quantitative estimate of drug-likeness (QED) is 0.0395. The van der Waals surface area contributed by atoms with Crippen molar-refractivity contribution >= 4 is 23.9 Å². The summed E-state index contributed by atoms with van der Waals surface area (Å²) in [5, 5.41) is 18.5. The van der Waals surface area contributed by atoms with Crippen molar-refractivity contribution in [2.24, 2.45) is 0 Å². The Morgan fingerprint density at radius 3 is 1.56 bits per heavy atom. The normalized spacial score (nSPS) is 12.2. The number of amides is 3. The highest BCUT2D eigenvalue weighted by molar-refractivity contribution is 5.99. The van der Waals surface area contributed by atoms with Gasteiger partial charge in [-0.3, -0.25) is 9.59 Å². The molecule has 3 amide bonds. The van der Waals surface area contributed by atoms with Crippen LogP contribution in [0.25, 0.3) is 0 Å². The van der Waals surface area contributed by atoms with Crippen molar-refractivity contribution in [2.75, 3.05) is 13.2 Å². The van der Waals surface area contributed by atoms with Gasteiger partial charge >= 0.3 is 12.1 Å². The van der Waals surface area contributed by atoms with Gasteiger partial charge in [-0.2, -0.15) is 0 Å². The summed E-state index contributed by atoms with van der Waals surface area (Å²) < 4.78 is 29.4. The first kappa shape index (κ1) is 45.2. The second-order valence-electron chi connectivity index (χ2n) is 14.1. The monoisotopic (exact) mass is 831 g/mol. The van der Waals surface area contributed by atoms with Crippen LogP contribution >= 0.6 is 0 Å². The molecule has 0 spiro atoms. The fraction of sp³-hybridized carbons (Fsp3) is 0.292. The lowest BCUT2D eigenvalue weighted by Gasteiger charge is -2.24. The molecule has 4 N–H and O–H groups in total. The zero-order chi connectivity index (χ0) is 43.2. The molecule has 0 aliphatic rings. The Bertz CT molecular complexity index is 2060. The molecule has 13 heteroatoms. The Morgan fingerprint density at radius 2 is 1.08 bits per heavy atom. The van der Waals surface area contributed by atoms with Crippen LogP contribution < -0.4 is 30.2 Å². The number of carbonyl (C=O) groups excluding carboxylic acids is 4. The number of esters is 1. The number of benzene rings is 5. The lowest BCUT2D eigenvalue weighted by Crippen LogP contribution is -2.55. The zero-order valence-electron chi connectivity index (χ0n) is 34.4. The standard InChI is InChI=1S/C48H53N3O10/c1-3-57-47(55)43(34(2)52)51-46(54)40(26-16-17-27-49-48(56)61-33-38-24-14-7-15-25-38)50-45(53)39-28-41(58-30-35-18-8-4-9-19-35)44(60-32-37-22-12-6-13-23-37)42(29-39)59-31-36-20-10-5-11-21-36/h4-15,18-25,28-29,34,40,43,52H,3,16-17,26-27,30-33H2,1-2H3,(H,49,56)(H,50,53)(H,51,54)/t34-,40-,43+/m1/s1. The molecular formula is C48H53N3O10. The number of nitrogens with one attached hydrogen (secondary N) is 3. The minimum absolute atomic E-state index is 0.0350. The van der Waals surface area contributed by atoms with E-state index in [0.29, 0.717) is 12.8 Å². The lowest BCUT2D eigenvalue weighted by atomic mass is 10.1. The van der Waals surface area contributed by atoms with Crippen molar-refractivity contribution in [3.05, 3.63) is 161 Å². The van der Waals surface area contributed by atoms with Crippen LogP contribution in [0.4, 0.5) is 4.79 Å². The third-order valence-corrected chi connectivity index (χ3v) is 9.33. The van der Waals surface area contributed by atoms with Gasteiger partial charge in [-0.25, -0.2) is 9.59 Å².